The Balaban J connectivity index is 1.21. The quantitative estimate of drug-likeness (QED) is 0.802. The standard InChI is InChI=1S/C22H31N3O2/c26-21(10-9-18-5-1-2-6-18)24-15-13-23(14-16-24)17-22(27)25-12-11-19-7-3-4-8-20(19)25/h3-4,7-8,18H,1-2,5-6,9-17H2. The molecule has 4 rings (SSSR count). The molecular formula is C22H31N3O2. The molecule has 1 saturated carbocycles. The SMILES string of the molecule is O=C(CCC1CCCC1)N1CCN(CC(=O)N2CCc3ccccc32)CC1. The second kappa shape index (κ2) is 8.42. The van der Waals surface area contributed by atoms with Crippen LogP contribution in [0.5, 0.6) is 0 Å². The number of hydrogen-bond acceptors (Lipinski definition) is 3. The summed E-state index contributed by atoms with van der Waals surface area (Å²) in [5.74, 6) is 1.26. The van der Waals surface area contributed by atoms with Crippen LogP contribution in [0.15, 0.2) is 24.3 Å². The van der Waals surface area contributed by atoms with Crippen molar-refractivity contribution in [3.05, 3.63) is 29.8 Å². The Morgan fingerprint density at radius 3 is 2.44 bits per heavy atom. The number of piperazine rings is 1. The van der Waals surface area contributed by atoms with Gasteiger partial charge in [-0.15, -0.1) is 0 Å². The fourth-order valence-corrected chi connectivity index (χ4v) is 4.81. The van der Waals surface area contributed by atoms with Crippen LogP contribution in [0.2, 0.25) is 0 Å². The molecule has 0 aromatic heterocycles. The van der Waals surface area contributed by atoms with Crippen LogP contribution in [0, 0.1) is 5.92 Å². The number of rotatable bonds is 5. The van der Waals surface area contributed by atoms with Crippen LogP contribution >= 0.6 is 0 Å². The van der Waals surface area contributed by atoms with Crippen LogP contribution < -0.4 is 4.90 Å². The fraction of sp³-hybridized carbons (Fsp3) is 0.636. The van der Waals surface area contributed by atoms with E-state index in [1.54, 1.807) is 0 Å². The van der Waals surface area contributed by atoms with Crippen molar-refractivity contribution in [3.63, 3.8) is 0 Å². The zero-order valence-corrected chi connectivity index (χ0v) is 16.2. The molecule has 0 atom stereocenters. The van der Waals surface area contributed by atoms with E-state index in [1.807, 2.05) is 28.0 Å². The van der Waals surface area contributed by atoms with Crippen molar-refractivity contribution < 1.29 is 9.59 Å². The number of nitrogens with zero attached hydrogens (tertiary/aromatic N) is 3. The van der Waals surface area contributed by atoms with Gasteiger partial charge in [0.2, 0.25) is 11.8 Å². The van der Waals surface area contributed by atoms with Gasteiger partial charge in [-0.25, -0.2) is 0 Å². The molecule has 27 heavy (non-hydrogen) atoms. The van der Waals surface area contributed by atoms with Crippen LogP contribution in [0.3, 0.4) is 0 Å². The van der Waals surface area contributed by atoms with Crippen LogP contribution in [0.25, 0.3) is 0 Å². The van der Waals surface area contributed by atoms with E-state index in [1.165, 1.54) is 31.2 Å². The number of para-hydroxylation sites is 1. The molecule has 0 spiro atoms. The van der Waals surface area contributed by atoms with Gasteiger partial charge in [0.25, 0.3) is 0 Å². The third-order valence-corrected chi connectivity index (χ3v) is 6.51. The van der Waals surface area contributed by atoms with Crippen molar-refractivity contribution in [2.75, 3.05) is 44.2 Å². The summed E-state index contributed by atoms with van der Waals surface area (Å²) in [6.07, 6.45) is 8.01. The smallest absolute Gasteiger partial charge is 0.241 e. The van der Waals surface area contributed by atoms with E-state index in [-0.39, 0.29) is 5.91 Å². The van der Waals surface area contributed by atoms with Gasteiger partial charge in [0.05, 0.1) is 6.54 Å². The third kappa shape index (κ3) is 4.34. The Morgan fingerprint density at radius 1 is 0.926 bits per heavy atom. The molecule has 0 N–H and O–H groups in total. The Hall–Kier alpha value is -1.88. The Bertz CT molecular complexity index is 676. The van der Waals surface area contributed by atoms with Crippen LogP contribution in [-0.4, -0.2) is 60.9 Å². The summed E-state index contributed by atoms with van der Waals surface area (Å²) in [6.45, 7) is 4.36. The van der Waals surface area contributed by atoms with Gasteiger partial charge in [-0.2, -0.15) is 0 Å². The molecule has 0 bridgehead atoms. The average molecular weight is 370 g/mol. The van der Waals surface area contributed by atoms with Gasteiger partial charge in [0.15, 0.2) is 0 Å². The van der Waals surface area contributed by atoms with E-state index >= 15 is 0 Å². The minimum absolute atomic E-state index is 0.181. The molecule has 2 aliphatic heterocycles. The molecule has 0 radical (unpaired) electrons. The number of benzene rings is 1. The minimum atomic E-state index is 0.181. The molecule has 5 nitrogen and oxygen atoms in total. The maximum atomic E-state index is 12.7. The van der Waals surface area contributed by atoms with Crippen molar-refractivity contribution in [3.8, 4) is 0 Å². The summed E-state index contributed by atoms with van der Waals surface area (Å²) < 4.78 is 0. The van der Waals surface area contributed by atoms with Crippen molar-refractivity contribution in [2.45, 2.75) is 44.9 Å². The zero-order chi connectivity index (χ0) is 18.6. The van der Waals surface area contributed by atoms with E-state index < -0.39 is 0 Å². The lowest BCUT2D eigenvalue weighted by atomic mass is 10.0. The first-order valence-electron chi connectivity index (χ1n) is 10.6. The van der Waals surface area contributed by atoms with Crippen LogP contribution in [0.1, 0.15) is 44.1 Å². The highest BCUT2D eigenvalue weighted by Crippen LogP contribution is 2.29. The van der Waals surface area contributed by atoms with Crippen LogP contribution in [-0.2, 0) is 16.0 Å². The molecule has 2 heterocycles. The van der Waals surface area contributed by atoms with Gasteiger partial charge < -0.3 is 9.80 Å². The first-order chi connectivity index (χ1) is 13.2. The highest BCUT2D eigenvalue weighted by Gasteiger charge is 2.28. The topological polar surface area (TPSA) is 43.9 Å². The molecule has 5 heteroatoms. The summed E-state index contributed by atoms with van der Waals surface area (Å²) >= 11 is 0. The minimum Gasteiger partial charge on any atom is -0.340 e. The molecule has 2 amide bonds. The first kappa shape index (κ1) is 18.5. The molecule has 2 fully saturated rings. The zero-order valence-electron chi connectivity index (χ0n) is 16.2. The van der Waals surface area contributed by atoms with Gasteiger partial charge in [-0.1, -0.05) is 43.9 Å². The maximum absolute atomic E-state index is 12.7. The summed E-state index contributed by atoms with van der Waals surface area (Å²) in [5, 5.41) is 0. The van der Waals surface area contributed by atoms with E-state index in [4.69, 9.17) is 0 Å². The van der Waals surface area contributed by atoms with Crippen molar-refractivity contribution in [2.24, 2.45) is 5.92 Å². The highest BCUT2D eigenvalue weighted by atomic mass is 16.2. The van der Waals surface area contributed by atoms with Crippen LogP contribution in [0.4, 0.5) is 5.69 Å². The highest BCUT2D eigenvalue weighted by molar-refractivity contribution is 5.96. The van der Waals surface area contributed by atoms with E-state index in [0.29, 0.717) is 18.9 Å². The van der Waals surface area contributed by atoms with Gasteiger partial charge in [-0.3, -0.25) is 14.5 Å². The number of carbonyl (C=O) groups is 2. The van der Waals surface area contributed by atoms with Gasteiger partial charge >= 0.3 is 0 Å². The van der Waals surface area contributed by atoms with Crippen molar-refractivity contribution in [1.82, 2.24) is 9.80 Å². The lowest BCUT2D eigenvalue weighted by Crippen LogP contribution is -2.51. The average Bonchev–Trinajstić information content (AvgIpc) is 3.36. The molecule has 146 valence electrons. The van der Waals surface area contributed by atoms with Gasteiger partial charge in [0, 0.05) is 44.8 Å². The largest absolute Gasteiger partial charge is 0.340 e. The maximum Gasteiger partial charge on any atom is 0.241 e. The molecule has 1 aromatic carbocycles. The Labute approximate surface area is 162 Å². The predicted octanol–water partition coefficient (Wildman–Crippen LogP) is 2.69. The van der Waals surface area contributed by atoms with E-state index in [9.17, 15) is 9.59 Å². The van der Waals surface area contributed by atoms with E-state index in [2.05, 4.69) is 11.0 Å². The van der Waals surface area contributed by atoms with Gasteiger partial charge in [0.1, 0.15) is 0 Å². The normalized spacial score (nSPS) is 20.9. The molecule has 1 aromatic rings. The summed E-state index contributed by atoms with van der Waals surface area (Å²) in [6, 6.07) is 8.19. The summed E-state index contributed by atoms with van der Waals surface area (Å²) in [4.78, 5) is 31.3. The summed E-state index contributed by atoms with van der Waals surface area (Å²) in [7, 11) is 0. The lowest BCUT2D eigenvalue weighted by molar-refractivity contribution is -0.133. The number of carbonyl (C=O) groups excluding carboxylic acids is 2. The number of amides is 2. The van der Waals surface area contributed by atoms with Crippen molar-refractivity contribution in [1.29, 1.82) is 0 Å². The third-order valence-electron chi connectivity index (χ3n) is 6.51. The van der Waals surface area contributed by atoms with Crippen molar-refractivity contribution >= 4 is 17.5 Å². The monoisotopic (exact) mass is 369 g/mol. The molecular weight excluding hydrogens is 338 g/mol. The van der Waals surface area contributed by atoms with E-state index in [0.717, 1.165) is 57.2 Å². The number of anilines is 1. The Morgan fingerprint density at radius 2 is 1.67 bits per heavy atom. The molecule has 1 saturated heterocycles. The van der Waals surface area contributed by atoms with Gasteiger partial charge in [-0.05, 0) is 30.4 Å². The molecule has 1 aliphatic carbocycles. The molecule has 3 aliphatic rings. The summed E-state index contributed by atoms with van der Waals surface area (Å²) in [5.41, 5.74) is 2.34. The Kier molecular flexibility index (Phi) is 5.77. The molecule has 0 unspecified atom stereocenters. The fourth-order valence-electron chi connectivity index (χ4n) is 4.81. The lowest BCUT2D eigenvalue weighted by Gasteiger charge is -2.35. The second-order valence-corrected chi connectivity index (χ2v) is 8.27. The predicted molar refractivity (Wildman–Crippen MR) is 107 cm³/mol. The number of fused-ring (bicyclic) bond motifs is 1. The first-order valence-corrected chi connectivity index (χ1v) is 10.6. The second-order valence-electron chi connectivity index (χ2n) is 8.27. The number of hydrogen-bond donors (Lipinski definition) is 0.